The van der Waals surface area contributed by atoms with Gasteiger partial charge in [-0.1, -0.05) is 23.7 Å². The zero-order chi connectivity index (χ0) is 17.3. The minimum atomic E-state index is -0.149. The van der Waals surface area contributed by atoms with Crippen LogP contribution in [-0.4, -0.2) is 10.5 Å². The topological polar surface area (TPSA) is 51.1 Å². The molecule has 0 aliphatic rings. The Morgan fingerprint density at radius 1 is 1.12 bits per heavy atom. The molecule has 3 rings (SSSR count). The monoisotopic (exact) mass is 340 g/mol. The van der Waals surface area contributed by atoms with Crippen molar-refractivity contribution >= 4 is 34.1 Å². The molecular formula is C19H17ClN2O2. The molecule has 0 saturated heterocycles. The Labute approximate surface area is 144 Å². The first kappa shape index (κ1) is 16.3. The number of anilines is 1. The molecule has 1 N–H and O–H groups in total. The van der Waals surface area contributed by atoms with Gasteiger partial charge in [0, 0.05) is 28.4 Å². The molecule has 0 fully saturated rings. The van der Waals surface area contributed by atoms with Gasteiger partial charge in [-0.2, -0.15) is 0 Å². The number of amides is 1. The number of carbonyl (C=O) groups excluding carboxylic acids is 1. The second kappa shape index (κ2) is 6.49. The maximum Gasteiger partial charge on any atom is 0.244 e. The average molecular weight is 341 g/mol. The van der Waals surface area contributed by atoms with Gasteiger partial charge >= 0.3 is 0 Å². The second-order valence-corrected chi connectivity index (χ2v) is 6.27. The van der Waals surface area contributed by atoms with E-state index in [0.717, 1.165) is 16.8 Å². The predicted molar refractivity (Wildman–Crippen MR) is 97.8 cm³/mol. The summed E-state index contributed by atoms with van der Waals surface area (Å²) in [4.78, 5) is 24.4. The fraction of sp³-hybridized carbons (Fsp3) is 0.158. The molecule has 0 aliphatic heterocycles. The number of nitrogens with one attached hydrogen (secondary N) is 1. The highest BCUT2D eigenvalue weighted by Gasteiger charge is 2.09. The quantitative estimate of drug-likeness (QED) is 0.786. The summed E-state index contributed by atoms with van der Waals surface area (Å²) >= 11 is 5.96. The molecule has 0 saturated carbocycles. The second-order valence-electron chi connectivity index (χ2n) is 5.84. The fourth-order valence-corrected chi connectivity index (χ4v) is 2.81. The zero-order valence-corrected chi connectivity index (χ0v) is 14.2. The summed E-state index contributed by atoms with van der Waals surface area (Å²) in [7, 11) is 0. The van der Waals surface area contributed by atoms with Crippen molar-refractivity contribution in [3.05, 3.63) is 75.0 Å². The van der Waals surface area contributed by atoms with E-state index in [-0.39, 0.29) is 17.9 Å². The highest BCUT2D eigenvalue weighted by molar-refractivity contribution is 6.31. The van der Waals surface area contributed by atoms with Crippen molar-refractivity contribution in [3.8, 4) is 0 Å². The lowest BCUT2D eigenvalue weighted by Gasteiger charge is -2.13. The molecule has 0 radical (unpaired) electrons. The van der Waals surface area contributed by atoms with Crippen LogP contribution in [0.4, 0.5) is 5.69 Å². The molecule has 0 aliphatic carbocycles. The van der Waals surface area contributed by atoms with E-state index in [1.54, 1.807) is 29.0 Å². The number of rotatable bonds is 3. The van der Waals surface area contributed by atoms with Crippen molar-refractivity contribution < 1.29 is 4.79 Å². The fourth-order valence-electron chi connectivity index (χ4n) is 2.64. The lowest BCUT2D eigenvalue weighted by atomic mass is 10.1. The minimum Gasteiger partial charge on any atom is -0.338 e. The van der Waals surface area contributed by atoms with Crippen LogP contribution in [0, 0.1) is 13.8 Å². The number of hydrogen-bond donors (Lipinski definition) is 1. The van der Waals surface area contributed by atoms with Crippen LogP contribution in [0.25, 0.3) is 10.9 Å². The number of fused-ring (bicyclic) bond motifs is 1. The number of carbonyl (C=O) groups is 1. The Bertz CT molecular complexity index is 992. The van der Waals surface area contributed by atoms with Crippen LogP contribution in [-0.2, 0) is 11.3 Å². The number of pyridine rings is 1. The molecule has 4 nitrogen and oxygen atoms in total. The number of aryl methyl sites for hydroxylation is 2. The Morgan fingerprint density at radius 2 is 1.92 bits per heavy atom. The highest BCUT2D eigenvalue weighted by Crippen LogP contribution is 2.18. The van der Waals surface area contributed by atoms with E-state index in [9.17, 15) is 9.59 Å². The molecule has 0 atom stereocenters. The Balaban J connectivity index is 1.90. The molecule has 122 valence electrons. The van der Waals surface area contributed by atoms with Crippen LogP contribution in [0.2, 0.25) is 5.02 Å². The average Bonchev–Trinajstić information content (AvgIpc) is 2.54. The summed E-state index contributed by atoms with van der Waals surface area (Å²) in [5, 5.41) is 3.93. The van der Waals surface area contributed by atoms with E-state index in [1.807, 2.05) is 32.0 Å². The lowest BCUT2D eigenvalue weighted by molar-refractivity contribution is -0.116. The van der Waals surface area contributed by atoms with E-state index in [0.29, 0.717) is 15.9 Å². The van der Waals surface area contributed by atoms with Gasteiger partial charge in [0.15, 0.2) is 5.43 Å². The third-order valence-electron chi connectivity index (χ3n) is 3.92. The SMILES string of the molecule is Cc1ccc(C)c(NC(=O)Cn2ccc(=O)c3cc(Cl)ccc32)c1. The van der Waals surface area contributed by atoms with Crippen molar-refractivity contribution in [2.24, 2.45) is 0 Å². The van der Waals surface area contributed by atoms with Crippen molar-refractivity contribution in [2.75, 3.05) is 5.32 Å². The first-order chi connectivity index (χ1) is 11.4. The van der Waals surface area contributed by atoms with Gasteiger partial charge in [-0.25, -0.2) is 0 Å². The molecule has 24 heavy (non-hydrogen) atoms. The van der Waals surface area contributed by atoms with Crippen molar-refractivity contribution in [3.63, 3.8) is 0 Å². The molecule has 1 amide bonds. The van der Waals surface area contributed by atoms with Crippen LogP contribution in [0.1, 0.15) is 11.1 Å². The van der Waals surface area contributed by atoms with Gasteiger partial charge < -0.3 is 9.88 Å². The van der Waals surface area contributed by atoms with Crippen molar-refractivity contribution in [1.82, 2.24) is 4.57 Å². The maximum atomic E-state index is 12.4. The molecule has 1 aromatic heterocycles. The van der Waals surface area contributed by atoms with Gasteiger partial charge in [0.25, 0.3) is 0 Å². The van der Waals surface area contributed by atoms with Crippen molar-refractivity contribution in [2.45, 2.75) is 20.4 Å². The normalized spacial score (nSPS) is 10.8. The molecule has 0 spiro atoms. The van der Waals surface area contributed by atoms with Crippen LogP contribution in [0.15, 0.2) is 53.5 Å². The number of aromatic nitrogens is 1. The van der Waals surface area contributed by atoms with Crippen LogP contribution in [0.3, 0.4) is 0 Å². The molecule has 5 heteroatoms. The Morgan fingerprint density at radius 3 is 2.71 bits per heavy atom. The van der Waals surface area contributed by atoms with E-state index in [4.69, 9.17) is 11.6 Å². The summed E-state index contributed by atoms with van der Waals surface area (Å²) in [5.41, 5.74) is 3.46. The molecule has 3 aromatic rings. The predicted octanol–water partition coefficient (Wildman–Crippen LogP) is 3.91. The van der Waals surface area contributed by atoms with Crippen LogP contribution < -0.4 is 10.7 Å². The lowest BCUT2D eigenvalue weighted by Crippen LogP contribution is -2.20. The van der Waals surface area contributed by atoms with Gasteiger partial charge in [0.1, 0.15) is 6.54 Å². The summed E-state index contributed by atoms with van der Waals surface area (Å²) in [5.74, 6) is -0.149. The largest absolute Gasteiger partial charge is 0.338 e. The van der Waals surface area contributed by atoms with Crippen LogP contribution >= 0.6 is 11.6 Å². The van der Waals surface area contributed by atoms with E-state index in [1.165, 1.54) is 6.07 Å². The van der Waals surface area contributed by atoms with Gasteiger partial charge in [-0.3, -0.25) is 9.59 Å². The van der Waals surface area contributed by atoms with Gasteiger partial charge in [-0.05, 0) is 49.2 Å². The smallest absolute Gasteiger partial charge is 0.244 e. The molecule has 1 heterocycles. The van der Waals surface area contributed by atoms with E-state index in [2.05, 4.69) is 5.32 Å². The Hall–Kier alpha value is -2.59. The van der Waals surface area contributed by atoms with Crippen molar-refractivity contribution in [1.29, 1.82) is 0 Å². The highest BCUT2D eigenvalue weighted by atomic mass is 35.5. The molecule has 2 aromatic carbocycles. The zero-order valence-electron chi connectivity index (χ0n) is 13.5. The minimum absolute atomic E-state index is 0.112. The number of halogens is 1. The van der Waals surface area contributed by atoms with E-state index >= 15 is 0 Å². The maximum absolute atomic E-state index is 12.4. The van der Waals surface area contributed by atoms with Gasteiger partial charge in [0.2, 0.25) is 5.91 Å². The number of nitrogens with zero attached hydrogens (tertiary/aromatic N) is 1. The first-order valence-electron chi connectivity index (χ1n) is 7.60. The summed E-state index contributed by atoms with van der Waals surface area (Å²) < 4.78 is 1.74. The van der Waals surface area contributed by atoms with Crippen LogP contribution in [0.5, 0.6) is 0 Å². The van der Waals surface area contributed by atoms with Gasteiger partial charge in [0.05, 0.1) is 5.52 Å². The summed E-state index contributed by atoms with van der Waals surface area (Å²) in [6, 6.07) is 12.5. The van der Waals surface area contributed by atoms with Gasteiger partial charge in [-0.15, -0.1) is 0 Å². The summed E-state index contributed by atoms with van der Waals surface area (Å²) in [6.07, 6.45) is 1.63. The molecule has 0 bridgehead atoms. The first-order valence-corrected chi connectivity index (χ1v) is 7.97. The Kier molecular flexibility index (Phi) is 4.40. The van der Waals surface area contributed by atoms with E-state index < -0.39 is 0 Å². The molecule has 0 unspecified atom stereocenters. The third kappa shape index (κ3) is 3.34. The number of benzene rings is 2. The standard InChI is InChI=1S/C19H17ClN2O2/c1-12-3-4-13(2)16(9-12)21-19(24)11-22-8-7-18(23)15-10-14(20)5-6-17(15)22/h3-10H,11H2,1-2H3,(H,21,24). The summed E-state index contributed by atoms with van der Waals surface area (Å²) in [6.45, 7) is 4.05. The number of hydrogen-bond acceptors (Lipinski definition) is 2. The third-order valence-corrected chi connectivity index (χ3v) is 4.16. The molecular weight excluding hydrogens is 324 g/mol.